The minimum absolute atomic E-state index is 0.0643. The van der Waals surface area contributed by atoms with Crippen molar-refractivity contribution in [3.05, 3.63) is 110 Å². The molecule has 0 aromatic heterocycles. The van der Waals surface area contributed by atoms with Crippen LogP contribution in [0, 0.1) is 27.2 Å². The summed E-state index contributed by atoms with van der Waals surface area (Å²) in [7, 11) is 0. The van der Waals surface area contributed by atoms with Gasteiger partial charge in [0.05, 0.1) is 14.7 Å². The molecule has 3 aromatic carbocycles. The van der Waals surface area contributed by atoms with E-state index in [-0.39, 0.29) is 16.9 Å². The highest BCUT2D eigenvalue weighted by Gasteiger charge is 2.16. The summed E-state index contributed by atoms with van der Waals surface area (Å²) in [5.74, 6) is -0.431. The first kappa shape index (κ1) is 20.9. The minimum atomic E-state index is -0.575. The lowest BCUT2D eigenvalue weighted by Crippen LogP contribution is -1.96. The maximum Gasteiger partial charge on any atom is 0.283 e. The maximum atomic E-state index is 12.3. The molecule has 0 amide bonds. The summed E-state index contributed by atoms with van der Waals surface area (Å²) in [6.07, 6.45) is 2.69. The monoisotopic (exact) mass is 420 g/mol. The first-order valence-electron chi connectivity index (χ1n) is 8.83. The van der Waals surface area contributed by atoms with Gasteiger partial charge in [0, 0.05) is 28.7 Å². The lowest BCUT2D eigenvalue weighted by molar-refractivity contribution is -0.387. The molecular formula is C22H16N2O5S. The van der Waals surface area contributed by atoms with Gasteiger partial charge in [0.25, 0.3) is 11.4 Å². The fraction of sp³-hybridized carbons (Fsp3) is 0.0455. The van der Waals surface area contributed by atoms with Gasteiger partial charge in [0.15, 0.2) is 5.78 Å². The number of carbonyl (C=O) groups excluding carboxylic acids is 1. The zero-order valence-electron chi connectivity index (χ0n) is 15.8. The highest BCUT2D eigenvalue weighted by molar-refractivity contribution is 7.99. The van der Waals surface area contributed by atoms with Crippen molar-refractivity contribution in [3.8, 4) is 0 Å². The number of ketones is 1. The molecule has 0 N–H and O–H groups in total. The molecule has 0 fully saturated rings. The summed E-state index contributed by atoms with van der Waals surface area (Å²) in [6, 6.07) is 17.8. The molecule has 0 bridgehead atoms. The standard InChI is InChI=1S/C22H16N2O5S/c1-15-5-9-19(10-6-15)30-22-12-8-16(13-20(22)24(28)29)7-11-21(25)17-3-2-4-18(14-17)23(26)27/h2-14H,1H3. The first-order chi connectivity index (χ1) is 14.3. The molecule has 0 spiro atoms. The molecule has 8 heteroatoms. The Labute approximate surface area is 176 Å². The first-order valence-corrected chi connectivity index (χ1v) is 9.65. The number of aryl methyl sites for hydroxylation is 1. The number of benzene rings is 3. The maximum absolute atomic E-state index is 12.3. The van der Waals surface area contributed by atoms with Gasteiger partial charge in [-0.25, -0.2) is 0 Å². The van der Waals surface area contributed by atoms with E-state index >= 15 is 0 Å². The lowest BCUT2D eigenvalue weighted by Gasteiger charge is -2.05. The number of allylic oxidation sites excluding steroid dienone is 1. The molecule has 150 valence electrons. The molecule has 0 radical (unpaired) electrons. The van der Waals surface area contributed by atoms with Gasteiger partial charge in [-0.1, -0.05) is 53.7 Å². The van der Waals surface area contributed by atoms with Crippen molar-refractivity contribution in [1.29, 1.82) is 0 Å². The third-order valence-electron chi connectivity index (χ3n) is 4.20. The topological polar surface area (TPSA) is 103 Å². The van der Waals surface area contributed by atoms with Gasteiger partial charge in [-0.2, -0.15) is 0 Å². The molecule has 30 heavy (non-hydrogen) atoms. The van der Waals surface area contributed by atoms with E-state index in [1.807, 2.05) is 31.2 Å². The molecule has 3 aromatic rings. The number of non-ortho nitro benzene ring substituents is 1. The van der Waals surface area contributed by atoms with Crippen LogP contribution in [-0.4, -0.2) is 15.6 Å². The Morgan fingerprint density at radius 2 is 1.67 bits per heavy atom. The van der Waals surface area contributed by atoms with E-state index in [2.05, 4.69) is 0 Å². The summed E-state index contributed by atoms with van der Waals surface area (Å²) in [5, 5.41) is 22.4. The average Bonchev–Trinajstić information content (AvgIpc) is 2.74. The number of carbonyl (C=O) groups is 1. The summed E-state index contributed by atoms with van der Waals surface area (Å²) < 4.78 is 0. The minimum Gasteiger partial charge on any atom is -0.289 e. The fourth-order valence-corrected chi connectivity index (χ4v) is 3.54. The van der Waals surface area contributed by atoms with Crippen LogP contribution in [0.5, 0.6) is 0 Å². The zero-order chi connectivity index (χ0) is 21.7. The van der Waals surface area contributed by atoms with E-state index in [1.165, 1.54) is 54.2 Å². The van der Waals surface area contributed by atoms with Crippen LogP contribution in [-0.2, 0) is 0 Å². The summed E-state index contributed by atoms with van der Waals surface area (Å²) in [5.41, 5.74) is 1.51. The second-order valence-corrected chi connectivity index (χ2v) is 7.52. The molecule has 0 atom stereocenters. The van der Waals surface area contributed by atoms with Crippen molar-refractivity contribution < 1.29 is 14.6 Å². The summed E-state index contributed by atoms with van der Waals surface area (Å²) >= 11 is 1.29. The second kappa shape index (κ2) is 9.15. The number of nitrogens with zero attached hydrogens (tertiary/aromatic N) is 2. The molecule has 0 unspecified atom stereocenters. The molecule has 3 rings (SSSR count). The summed E-state index contributed by atoms with van der Waals surface area (Å²) in [6.45, 7) is 1.97. The highest BCUT2D eigenvalue weighted by atomic mass is 32.2. The van der Waals surface area contributed by atoms with Crippen molar-refractivity contribution in [2.45, 2.75) is 16.7 Å². The van der Waals surface area contributed by atoms with Crippen molar-refractivity contribution in [3.63, 3.8) is 0 Å². The van der Waals surface area contributed by atoms with E-state index < -0.39 is 15.6 Å². The fourth-order valence-electron chi connectivity index (χ4n) is 2.64. The van der Waals surface area contributed by atoms with Crippen molar-refractivity contribution in [1.82, 2.24) is 0 Å². The van der Waals surface area contributed by atoms with Crippen LogP contribution in [0.4, 0.5) is 11.4 Å². The van der Waals surface area contributed by atoms with Gasteiger partial charge < -0.3 is 0 Å². The van der Waals surface area contributed by atoms with Crippen LogP contribution < -0.4 is 0 Å². The quantitative estimate of drug-likeness (QED) is 0.205. The Kier molecular flexibility index (Phi) is 6.38. The molecular weight excluding hydrogens is 404 g/mol. The van der Waals surface area contributed by atoms with Crippen molar-refractivity contribution in [2.75, 3.05) is 0 Å². The third-order valence-corrected chi connectivity index (χ3v) is 5.27. The Bertz CT molecular complexity index is 1160. The average molecular weight is 420 g/mol. The third kappa shape index (κ3) is 5.18. The van der Waals surface area contributed by atoms with Crippen LogP contribution in [0.15, 0.2) is 82.6 Å². The van der Waals surface area contributed by atoms with Gasteiger partial charge in [-0.3, -0.25) is 25.0 Å². The molecule has 0 saturated heterocycles. The van der Waals surface area contributed by atoms with E-state index in [4.69, 9.17) is 0 Å². The predicted molar refractivity (Wildman–Crippen MR) is 115 cm³/mol. The van der Waals surface area contributed by atoms with Crippen LogP contribution in [0.2, 0.25) is 0 Å². The smallest absolute Gasteiger partial charge is 0.283 e. The van der Waals surface area contributed by atoms with Gasteiger partial charge in [-0.05, 0) is 36.8 Å². The number of nitro groups is 2. The molecule has 0 saturated carbocycles. The number of nitro benzene ring substituents is 2. The summed E-state index contributed by atoms with van der Waals surface area (Å²) in [4.78, 5) is 35.0. The lowest BCUT2D eigenvalue weighted by atomic mass is 10.1. The predicted octanol–water partition coefficient (Wildman–Crippen LogP) is 5.86. The van der Waals surface area contributed by atoms with Gasteiger partial charge in [0.1, 0.15) is 0 Å². The molecule has 0 heterocycles. The Morgan fingerprint density at radius 3 is 2.33 bits per heavy atom. The highest BCUT2D eigenvalue weighted by Crippen LogP contribution is 2.35. The van der Waals surface area contributed by atoms with Crippen molar-refractivity contribution >= 4 is 35.0 Å². The van der Waals surface area contributed by atoms with Crippen molar-refractivity contribution in [2.24, 2.45) is 0 Å². The van der Waals surface area contributed by atoms with Crippen LogP contribution in [0.25, 0.3) is 6.08 Å². The van der Waals surface area contributed by atoms with Crippen LogP contribution >= 0.6 is 11.8 Å². The SMILES string of the molecule is Cc1ccc(Sc2ccc(C=CC(=O)c3cccc([N+](=O)[O-])c3)cc2[N+](=O)[O-])cc1. The van der Waals surface area contributed by atoms with Gasteiger partial charge >= 0.3 is 0 Å². The van der Waals surface area contributed by atoms with E-state index in [0.717, 1.165) is 10.5 Å². The van der Waals surface area contributed by atoms with E-state index in [1.54, 1.807) is 12.1 Å². The van der Waals surface area contributed by atoms with Gasteiger partial charge in [-0.15, -0.1) is 0 Å². The zero-order valence-corrected chi connectivity index (χ0v) is 16.7. The van der Waals surface area contributed by atoms with E-state index in [9.17, 15) is 25.0 Å². The Balaban J connectivity index is 1.82. The molecule has 0 aliphatic carbocycles. The molecule has 0 aliphatic rings. The number of hydrogen-bond donors (Lipinski definition) is 0. The largest absolute Gasteiger partial charge is 0.289 e. The van der Waals surface area contributed by atoms with E-state index in [0.29, 0.717) is 10.5 Å². The second-order valence-electron chi connectivity index (χ2n) is 6.40. The molecule has 0 aliphatic heterocycles. The van der Waals surface area contributed by atoms with Crippen LogP contribution in [0.1, 0.15) is 21.5 Å². The van der Waals surface area contributed by atoms with Crippen LogP contribution in [0.3, 0.4) is 0 Å². The number of hydrogen-bond acceptors (Lipinski definition) is 6. The van der Waals surface area contributed by atoms with Gasteiger partial charge in [0.2, 0.25) is 0 Å². The Hall–Kier alpha value is -3.78. The number of rotatable bonds is 7. The molecule has 7 nitrogen and oxygen atoms in total. The normalized spacial score (nSPS) is 10.8. The Morgan fingerprint density at radius 1 is 0.933 bits per heavy atom.